The molecule has 0 N–H and O–H groups in total. The number of benzene rings is 1. The number of esters is 1. The fourth-order valence-corrected chi connectivity index (χ4v) is 2.66. The standard InChI is InChI=1S/C17H16ClN3O2/c1-3-11-13(18)9-8-12(16(21-19)17(22)23-4-2)15(11)14-7-5-6-10-20-14/h5-10H,3-4H2,1-2H3. The minimum Gasteiger partial charge on any atom is -0.457 e. The van der Waals surface area contributed by atoms with Crippen LogP contribution >= 0.6 is 11.6 Å². The van der Waals surface area contributed by atoms with Crippen LogP contribution in [-0.2, 0) is 16.0 Å². The Bertz CT molecular complexity index is 769. The summed E-state index contributed by atoms with van der Waals surface area (Å²) in [5, 5.41) is 0.568. The highest BCUT2D eigenvalue weighted by Crippen LogP contribution is 2.32. The van der Waals surface area contributed by atoms with Gasteiger partial charge >= 0.3 is 11.7 Å². The number of ether oxygens (including phenoxy) is 1. The third-order valence-electron chi connectivity index (χ3n) is 3.35. The molecule has 6 heteroatoms. The van der Waals surface area contributed by atoms with E-state index in [0.717, 1.165) is 5.56 Å². The van der Waals surface area contributed by atoms with Crippen molar-refractivity contribution in [2.75, 3.05) is 6.61 Å². The van der Waals surface area contributed by atoms with Crippen molar-refractivity contribution in [3.8, 4) is 11.3 Å². The number of hydrogen-bond acceptors (Lipinski definition) is 3. The van der Waals surface area contributed by atoms with E-state index in [0.29, 0.717) is 28.3 Å². The van der Waals surface area contributed by atoms with E-state index in [1.54, 1.807) is 31.3 Å². The number of rotatable bonds is 5. The van der Waals surface area contributed by atoms with Gasteiger partial charge in [0, 0.05) is 16.8 Å². The van der Waals surface area contributed by atoms with Crippen molar-refractivity contribution >= 4 is 23.3 Å². The fraction of sp³-hybridized carbons (Fsp3) is 0.235. The maximum Gasteiger partial charge on any atom is 0.422 e. The topological polar surface area (TPSA) is 75.6 Å². The zero-order valence-corrected chi connectivity index (χ0v) is 13.7. The third-order valence-corrected chi connectivity index (χ3v) is 3.71. The molecule has 118 valence electrons. The van der Waals surface area contributed by atoms with Crippen LogP contribution in [0.2, 0.25) is 5.02 Å². The van der Waals surface area contributed by atoms with E-state index in [1.165, 1.54) is 0 Å². The SMILES string of the molecule is CCOC(=O)C(=[N+]=[N-])c1ccc(Cl)c(CC)c1-c1ccccn1. The molecular weight excluding hydrogens is 314 g/mol. The average Bonchev–Trinajstić information content (AvgIpc) is 2.57. The summed E-state index contributed by atoms with van der Waals surface area (Å²) in [5.74, 6) is -0.698. The Morgan fingerprint density at radius 1 is 1.30 bits per heavy atom. The molecule has 5 nitrogen and oxygen atoms in total. The summed E-state index contributed by atoms with van der Waals surface area (Å²) >= 11 is 6.29. The molecule has 0 fully saturated rings. The van der Waals surface area contributed by atoms with Crippen LogP contribution in [0.3, 0.4) is 0 Å². The summed E-state index contributed by atoms with van der Waals surface area (Å²) in [7, 11) is 0. The van der Waals surface area contributed by atoms with Gasteiger partial charge in [0.2, 0.25) is 0 Å². The van der Waals surface area contributed by atoms with E-state index in [9.17, 15) is 10.3 Å². The highest BCUT2D eigenvalue weighted by Gasteiger charge is 2.29. The quantitative estimate of drug-likeness (QED) is 0.364. The van der Waals surface area contributed by atoms with E-state index in [2.05, 4.69) is 9.77 Å². The second-order valence-electron chi connectivity index (χ2n) is 4.69. The lowest BCUT2D eigenvalue weighted by Crippen LogP contribution is -2.21. The largest absolute Gasteiger partial charge is 0.457 e. The fourth-order valence-electron chi connectivity index (χ4n) is 2.37. The van der Waals surface area contributed by atoms with Gasteiger partial charge in [-0.15, -0.1) is 0 Å². The van der Waals surface area contributed by atoms with Crippen molar-refractivity contribution in [3.63, 3.8) is 0 Å². The molecule has 0 bridgehead atoms. The van der Waals surface area contributed by atoms with Crippen molar-refractivity contribution in [1.82, 2.24) is 4.98 Å². The van der Waals surface area contributed by atoms with Crippen LogP contribution in [0.5, 0.6) is 0 Å². The Kier molecular flexibility index (Phi) is 5.63. The minimum atomic E-state index is -0.698. The van der Waals surface area contributed by atoms with Gasteiger partial charge in [0.25, 0.3) is 0 Å². The van der Waals surface area contributed by atoms with Crippen LogP contribution in [0.25, 0.3) is 16.8 Å². The molecule has 0 unspecified atom stereocenters. The molecule has 1 heterocycles. The van der Waals surface area contributed by atoms with Gasteiger partial charge in [-0.1, -0.05) is 24.6 Å². The molecule has 0 aliphatic carbocycles. The van der Waals surface area contributed by atoms with E-state index >= 15 is 0 Å². The summed E-state index contributed by atoms with van der Waals surface area (Å²) in [5.41, 5.74) is 11.7. The van der Waals surface area contributed by atoms with E-state index < -0.39 is 5.97 Å². The van der Waals surface area contributed by atoms with Gasteiger partial charge in [0.05, 0.1) is 17.9 Å². The molecule has 0 aliphatic heterocycles. The normalized spacial score (nSPS) is 10.0. The van der Waals surface area contributed by atoms with Gasteiger partial charge in [-0.2, -0.15) is 4.79 Å². The van der Waals surface area contributed by atoms with Crippen molar-refractivity contribution in [2.45, 2.75) is 20.3 Å². The van der Waals surface area contributed by atoms with E-state index in [4.69, 9.17) is 16.3 Å². The third kappa shape index (κ3) is 3.47. The van der Waals surface area contributed by atoms with Crippen molar-refractivity contribution < 1.29 is 14.3 Å². The molecule has 1 aromatic heterocycles. The molecule has 23 heavy (non-hydrogen) atoms. The predicted octanol–water partition coefficient (Wildman–Crippen LogP) is 3.55. The minimum absolute atomic E-state index is 0.168. The lowest BCUT2D eigenvalue weighted by Gasteiger charge is -2.12. The summed E-state index contributed by atoms with van der Waals surface area (Å²) in [6, 6.07) is 8.76. The summed E-state index contributed by atoms with van der Waals surface area (Å²) in [6.07, 6.45) is 2.29. The van der Waals surface area contributed by atoms with Crippen LogP contribution in [0, 0.1) is 0 Å². The Morgan fingerprint density at radius 2 is 2.09 bits per heavy atom. The van der Waals surface area contributed by atoms with Gasteiger partial charge in [-0.05, 0) is 43.2 Å². The first-order valence-electron chi connectivity index (χ1n) is 7.26. The van der Waals surface area contributed by atoms with Crippen molar-refractivity contribution in [2.24, 2.45) is 0 Å². The van der Waals surface area contributed by atoms with E-state index in [1.807, 2.05) is 19.1 Å². The molecule has 2 aromatic rings. The van der Waals surface area contributed by atoms with Gasteiger partial charge in [-0.3, -0.25) is 4.98 Å². The Balaban J connectivity index is 2.74. The smallest absolute Gasteiger partial charge is 0.422 e. The number of aromatic nitrogens is 1. The Morgan fingerprint density at radius 3 is 2.65 bits per heavy atom. The number of carbonyl (C=O) groups is 1. The number of hydrogen-bond donors (Lipinski definition) is 0. The van der Waals surface area contributed by atoms with Gasteiger partial charge in [-0.25, -0.2) is 4.79 Å². The second-order valence-corrected chi connectivity index (χ2v) is 5.09. The maximum atomic E-state index is 12.1. The van der Waals surface area contributed by atoms with Gasteiger partial charge < -0.3 is 10.3 Å². The van der Waals surface area contributed by atoms with Crippen LogP contribution < -0.4 is 0 Å². The molecule has 0 saturated carbocycles. The monoisotopic (exact) mass is 329 g/mol. The Labute approximate surface area is 139 Å². The van der Waals surface area contributed by atoms with E-state index in [-0.39, 0.29) is 12.3 Å². The molecular formula is C17H16ClN3O2. The first-order chi connectivity index (χ1) is 11.1. The zero-order chi connectivity index (χ0) is 16.8. The van der Waals surface area contributed by atoms with Crippen LogP contribution in [0.15, 0.2) is 36.5 Å². The number of pyridine rings is 1. The van der Waals surface area contributed by atoms with Crippen LogP contribution in [0.4, 0.5) is 0 Å². The Hall–Kier alpha value is -2.49. The van der Waals surface area contributed by atoms with Crippen molar-refractivity contribution in [3.05, 3.63) is 58.2 Å². The summed E-state index contributed by atoms with van der Waals surface area (Å²) in [6.45, 7) is 3.83. The van der Waals surface area contributed by atoms with Crippen LogP contribution in [-0.4, -0.2) is 28.1 Å². The maximum absolute atomic E-state index is 12.1. The summed E-state index contributed by atoms with van der Waals surface area (Å²) < 4.78 is 4.96. The highest BCUT2D eigenvalue weighted by molar-refractivity contribution is 6.42. The molecule has 0 spiro atoms. The molecule has 0 saturated heterocycles. The molecule has 2 rings (SSSR count). The molecule has 0 amide bonds. The zero-order valence-electron chi connectivity index (χ0n) is 12.9. The average molecular weight is 330 g/mol. The first kappa shape index (κ1) is 16.9. The number of nitrogens with zero attached hydrogens (tertiary/aromatic N) is 3. The molecule has 0 aliphatic rings. The lowest BCUT2D eigenvalue weighted by molar-refractivity contribution is -0.139. The van der Waals surface area contributed by atoms with Crippen LogP contribution in [0.1, 0.15) is 25.0 Å². The van der Waals surface area contributed by atoms with Gasteiger partial charge in [0.1, 0.15) is 0 Å². The first-order valence-corrected chi connectivity index (χ1v) is 7.64. The number of halogens is 1. The highest BCUT2D eigenvalue weighted by atomic mass is 35.5. The molecule has 0 atom stereocenters. The molecule has 1 aromatic carbocycles. The second kappa shape index (κ2) is 7.68. The van der Waals surface area contributed by atoms with Crippen molar-refractivity contribution in [1.29, 1.82) is 0 Å². The van der Waals surface area contributed by atoms with Gasteiger partial charge in [0.15, 0.2) is 0 Å². The lowest BCUT2D eigenvalue weighted by atomic mass is 9.93. The molecule has 0 radical (unpaired) electrons. The summed E-state index contributed by atoms with van der Waals surface area (Å²) in [4.78, 5) is 19.5. The predicted molar refractivity (Wildman–Crippen MR) is 88.4 cm³/mol. The number of carbonyl (C=O) groups excluding carboxylic acids is 1.